The summed E-state index contributed by atoms with van der Waals surface area (Å²) >= 11 is 0. The van der Waals surface area contributed by atoms with Gasteiger partial charge in [-0.3, -0.25) is 0 Å². The van der Waals surface area contributed by atoms with Crippen LogP contribution in [-0.2, 0) is 6.42 Å². The number of hydrogen-bond donors (Lipinski definition) is 1. The average molecular weight is 269 g/mol. The molecule has 0 aliphatic carbocycles. The quantitative estimate of drug-likeness (QED) is 0.894. The van der Waals surface area contributed by atoms with E-state index in [1.165, 1.54) is 5.56 Å². The van der Waals surface area contributed by atoms with Gasteiger partial charge in [0, 0.05) is 16.9 Å². The summed E-state index contributed by atoms with van der Waals surface area (Å²) in [4.78, 5) is 8.90. The Bertz CT molecular complexity index is 541. The first kappa shape index (κ1) is 14.5. The van der Waals surface area contributed by atoms with Crippen LogP contribution in [0.1, 0.15) is 37.2 Å². The fourth-order valence-corrected chi connectivity index (χ4v) is 2.25. The molecule has 3 nitrogen and oxygen atoms in total. The zero-order valence-corrected chi connectivity index (χ0v) is 12.8. The second-order valence-corrected chi connectivity index (χ2v) is 5.97. The van der Waals surface area contributed by atoms with E-state index in [0.29, 0.717) is 0 Å². The van der Waals surface area contributed by atoms with Gasteiger partial charge in [-0.15, -0.1) is 0 Å². The molecule has 1 aromatic heterocycles. The van der Waals surface area contributed by atoms with Gasteiger partial charge in [-0.1, -0.05) is 30.3 Å². The van der Waals surface area contributed by atoms with Crippen LogP contribution in [0.3, 0.4) is 0 Å². The molecule has 0 saturated heterocycles. The van der Waals surface area contributed by atoms with Crippen LogP contribution in [-0.4, -0.2) is 15.5 Å². The van der Waals surface area contributed by atoms with Crippen molar-refractivity contribution in [1.29, 1.82) is 0 Å². The molecule has 3 heteroatoms. The molecule has 106 valence electrons. The standard InChI is InChI=1S/C17H23N3/c1-13-12-14(2)19-16(18-13)20-17(3,4)11-10-15-8-6-5-7-9-15/h5-9,12H,10-11H2,1-4H3,(H,18,19,20). The van der Waals surface area contributed by atoms with Gasteiger partial charge >= 0.3 is 0 Å². The van der Waals surface area contributed by atoms with Gasteiger partial charge in [-0.25, -0.2) is 9.97 Å². The molecule has 1 aromatic carbocycles. The fraction of sp³-hybridized carbons (Fsp3) is 0.412. The normalized spacial score (nSPS) is 11.4. The van der Waals surface area contributed by atoms with E-state index in [1.54, 1.807) is 0 Å². The van der Waals surface area contributed by atoms with Gasteiger partial charge < -0.3 is 5.32 Å². The Hall–Kier alpha value is -1.90. The Morgan fingerprint density at radius 3 is 2.20 bits per heavy atom. The van der Waals surface area contributed by atoms with Gasteiger partial charge in [0.25, 0.3) is 0 Å². The van der Waals surface area contributed by atoms with Crippen molar-refractivity contribution in [2.24, 2.45) is 0 Å². The van der Waals surface area contributed by atoms with Crippen LogP contribution in [0.4, 0.5) is 5.95 Å². The third-order valence-corrected chi connectivity index (χ3v) is 3.31. The van der Waals surface area contributed by atoms with Crippen LogP contribution in [0, 0.1) is 13.8 Å². The van der Waals surface area contributed by atoms with Crippen molar-refractivity contribution in [1.82, 2.24) is 9.97 Å². The minimum absolute atomic E-state index is 0.0317. The first-order valence-electron chi connectivity index (χ1n) is 7.09. The minimum atomic E-state index is -0.0317. The number of hydrogen-bond acceptors (Lipinski definition) is 3. The molecule has 0 aliphatic rings. The number of aromatic nitrogens is 2. The van der Waals surface area contributed by atoms with Crippen LogP contribution in [0.25, 0.3) is 0 Å². The Morgan fingerprint density at radius 2 is 1.60 bits per heavy atom. The van der Waals surface area contributed by atoms with E-state index in [9.17, 15) is 0 Å². The predicted molar refractivity (Wildman–Crippen MR) is 84.0 cm³/mol. The van der Waals surface area contributed by atoms with Crippen LogP contribution in [0.2, 0.25) is 0 Å². The summed E-state index contributed by atoms with van der Waals surface area (Å²) in [6.45, 7) is 8.38. The summed E-state index contributed by atoms with van der Waals surface area (Å²) in [5, 5.41) is 3.45. The van der Waals surface area contributed by atoms with E-state index in [2.05, 4.69) is 59.5 Å². The molecule has 20 heavy (non-hydrogen) atoms. The predicted octanol–water partition coefficient (Wildman–Crippen LogP) is 3.92. The number of nitrogens with one attached hydrogen (secondary N) is 1. The third kappa shape index (κ3) is 4.34. The number of nitrogens with zero attached hydrogens (tertiary/aromatic N) is 2. The zero-order chi connectivity index (χ0) is 14.6. The molecule has 1 N–H and O–H groups in total. The molecule has 0 bridgehead atoms. The largest absolute Gasteiger partial charge is 0.349 e. The fourth-order valence-electron chi connectivity index (χ4n) is 2.25. The number of anilines is 1. The maximum Gasteiger partial charge on any atom is 0.223 e. The van der Waals surface area contributed by atoms with E-state index in [1.807, 2.05) is 19.9 Å². The van der Waals surface area contributed by atoms with Crippen molar-refractivity contribution >= 4 is 5.95 Å². The van der Waals surface area contributed by atoms with Gasteiger partial charge in [0.05, 0.1) is 0 Å². The Morgan fingerprint density at radius 1 is 1.00 bits per heavy atom. The Labute approximate surface area is 121 Å². The summed E-state index contributed by atoms with van der Waals surface area (Å²) in [7, 11) is 0. The second kappa shape index (κ2) is 6.04. The molecule has 1 heterocycles. The summed E-state index contributed by atoms with van der Waals surface area (Å²) in [6.07, 6.45) is 2.08. The van der Waals surface area contributed by atoms with Crippen molar-refractivity contribution < 1.29 is 0 Å². The van der Waals surface area contributed by atoms with Gasteiger partial charge in [-0.2, -0.15) is 0 Å². The monoisotopic (exact) mass is 269 g/mol. The van der Waals surface area contributed by atoms with Crippen molar-refractivity contribution in [3.8, 4) is 0 Å². The van der Waals surface area contributed by atoms with E-state index in [4.69, 9.17) is 0 Å². The lowest BCUT2D eigenvalue weighted by Crippen LogP contribution is -2.32. The maximum absolute atomic E-state index is 4.45. The highest BCUT2D eigenvalue weighted by Crippen LogP contribution is 2.18. The number of aryl methyl sites for hydroxylation is 3. The van der Waals surface area contributed by atoms with Gasteiger partial charge in [0.2, 0.25) is 5.95 Å². The van der Waals surface area contributed by atoms with E-state index in [-0.39, 0.29) is 5.54 Å². The van der Waals surface area contributed by atoms with E-state index < -0.39 is 0 Å². The summed E-state index contributed by atoms with van der Waals surface area (Å²) in [5.41, 5.74) is 3.33. The third-order valence-electron chi connectivity index (χ3n) is 3.31. The van der Waals surface area contributed by atoms with Crippen LogP contribution in [0.5, 0.6) is 0 Å². The Balaban J connectivity index is 1.99. The molecule has 0 spiro atoms. The van der Waals surface area contributed by atoms with E-state index in [0.717, 1.165) is 30.2 Å². The molecule has 0 radical (unpaired) electrons. The summed E-state index contributed by atoms with van der Waals surface area (Å²) < 4.78 is 0. The molecule has 0 aliphatic heterocycles. The molecule has 0 atom stereocenters. The lowest BCUT2D eigenvalue weighted by Gasteiger charge is -2.26. The molecule has 0 saturated carbocycles. The SMILES string of the molecule is Cc1cc(C)nc(NC(C)(C)CCc2ccccc2)n1. The maximum atomic E-state index is 4.45. The number of benzene rings is 1. The van der Waals surface area contributed by atoms with Crippen molar-refractivity contribution in [2.45, 2.75) is 46.1 Å². The van der Waals surface area contributed by atoms with Gasteiger partial charge in [0.15, 0.2) is 0 Å². The van der Waals surface area contributed by atoms with Crippen LogP contribution < -0.4 is 5.32 Å². The molecule has 0 amide bonds. The molecule has 0 unspecified atom stereocenters. The highest BCUT2D eigenvalue weighted by atomic mass is 15.1. The van der Waals surface area contributed by atoms with Crippen LogP contribution in [0.15, 0.2) is 36.4 Å². The molecular weight excluding hydrogens is 246 g/mol. The van der Waals surface area contributed by atoms with Crippen molar-refractivity contribution in [3.63, 3.8) is 0 Å². The first-order chi connectivity index (χ1) is 9.44. The lowest BCUT2D eigenvalue weighted by atomic mass is 9.95. The molecule has 2 aromatic rings. The van der Waals surface area contributed by atoms with Crippen molar-refractivity contribution in [2.75, 3.05) is 5.32 Å². The van der Waals surface area contributed by atoms with E-state index >= 15 is 0 Å². The molecule has 0 fully saturated rings. The van der Waals surface area contributed by atoms with Crippen LogP contribution >= 0.6 is 0 Å². The van der Waals surface area contributed by atoms with Gasteiger partial charge in [-0.05, 0) is 52.2 Å². The first-order valence-corrected chi connectivity index (χ1v) is 7.09. The average Bonchev–Trinajstić information content (AvgIpc) is 2.36. The highest BCUT2D eigenvalue weighted by Gasteiger charge is 2.18. The topological polar surface area (TPSA) is 37.8 Å². The highest BCUT2D eigenvalue weighted by molar-refractivity contribution is 5.31. The lowest BCUT2D eigenvalue weighted by molar-refractivity contribution is 0.513. The smallest absolute Gasteiger partial charge is 0.223 e. The summed E-state index contributed by atoms with van der Waals surface area (Å²) in [6, 6.07) is 12.6. The molecule has 2 rings (SSSR count). The zero-order valence-electron chi connectivity index (χ0n) is 12.8. The van der Waals surface area contributed by atoms with Gasteiger partial charge in [0.1, 0.15) is 0 Å². The molecular formula is C17H23N3. The number of rotatable bonds is 5. The minimum Gasteiger partial charge on any atom is -0.349 e. The van der Waals surface area contributed by atoms with Crippen molar-refractivity contribution in [3.05, 3.63) is 53.3 Å². The Kier molecular flexibility index (Phi) is 4.38. The second-order valence-electron chi connectivity index (χ2n) is 5.97. The summed E-state index contributed by atoms with van der Waals surface area (Å²) in [5.74, 6) is 0.723.